The van der Waals surface area contributed by atoms with E-state index in [4.69, 9.17) is 0 Å². The Labute approximate surface area is 173 Å². The fraction of sp³-hybridized carbons (Fsp3) is 0.120. The number of hydrogen-bond acceptors (Lipinski definition) is 3. The summed E-state index contributed by atoms with van der Waals surface area (Å²) in [5.41, 5.74) is 4.82. The first-order valence-electron chi connectivity index (χ1n) is 9.78. The molecule has 0 saturated carbocycles. The minimum atomic E-state index is -0.326. The molecular weight excluding hydrogens is 380 g/mol. The van der Waals surface area contributed by atoms with E-state index >= 15 is 4.39 Å². The molecule has 0 spiro atoms. The van der Waals surface area contributed by atoms with Crippen molar-refractivity contribution in [3.8, 4) is 11.3 Å². The van der Waals surface area contributed by atoms with Gasteiger partial charge in [-0.05, 0) is 82.5 Å². The Hall–Kier alpha value is -3.44. The molecule has 0 radical (unpaired) electrons. The average Bonchev–Trinajstić information content (AvgIpc) is 2.91. The third-order valence-corrected chi connectivity index (χ3v) is 5.49. The summed E-state index contributed by atoms with van der Waals surface area (Å²) in [4.78, 5) is 2.18. The highest BCUT2D eigenvalue weighted by molar-refractivity contribution is 5.90. The van der Waals surface area contributed by atoms with Gasteiger partial charge in [-0.1, -0.05) is 24.3 Å². The van der Waals surface area contributed by atoms with Crippen LogP contribution in [0.1, 0.15) is 16.7 Å². The standard InChI is InChI=1S/C25H19F2N3/c1-30-10-8-21(18-5-4-17-12-20(26)7-6-16(17)11-18)22-14-24(27)23(13-19(22)15-30)25-3-2-9-28-29-25/h2-9,11-14H,10,15H2,1H3. The number of rotatable bonds is 2. The zero-order valence-corrected chi connectivity index (χ0v) is 16.4. The van der Waals surface area contributed by atoms with Crippen LogP contribution in [0.15, 0.2) is 72.9 Å². The SMILES string of the molecule is CN1CC=C(c2ccc3cc(F)ccc3c2)c2cc(F)c(-c3cccnn3)cc2C1. The molecule has 3 aromatic carbocycles. The van der Waals surface area contributed by atoms with Crippen molar-refractivity contribution < 1.29 is 8.78 Å². The van der Waals surface area contributed by atoms with Crippen LogP contribution in [0.25, 0.3) is 27.6 Å². The molecule has 2 heterocycles. The van der Waals surface area contributed by atoms with Crippen molar-refractivity contribution in [2.24, 2.45) is 0 Å². The molecule has 1 aliphatic heterocycles. The van der Waals surface area contributed by atoms with Gasteiger partial charge in [-0.15, -0.1) is 0 Å². The lowest BCUT2D eigenvalue weighted by Gasteiger charge is -2.16. The van der Waals surface area contributed by atoms with Crippen LogP contribution in [0.5, 0.6) is 0 Å². The van der Waals surface area contributed by atoms with E-state index in [2.05, 4.69) is 21.2 Å². The number of nitrogens with zero attached hydrogens (tertiary/aromatic N) is 3. The molecular formula is C25H19F2N3. The molecule has 3 nitrogen and oxygen atoms in total. The van der Waals surface area contributed by atoms with Crippen molar-refractivity contribution in [3.63, 3.8) is 0 Å². The van der Waals surface area contributed by atoms with Gasteiger partial charge in [0, 0.05) is 24.8 Å². The number of aromatic nitrogens is 2. The summed E-state index contributed by atoms with van der Waals surface area (Å²) in [5, 5.41) is 9.74. The van der Waals surface area contributed by atoms with E-state index < -0.39 is 0 Å². The van der Waals surface area contributed by atoms with Crippen molar-refractivity contribution in [3.05, 3.63) is 101 Å². The molecule has 4 aromatic rings. The molecule has 0 amide bonds. The normalized spacial score (nSPS) is 14.3. The Morgan fingerprint density at radius 1 is 0.900 bits per heavy atom. The Morgan fingerprint density at radius 3 is 2.57 bits per heavy atom. The molecule has 0 fully saturated rings. The first-order valence-corrected chi connectivity index (χ1v) is 9.78. The Bertz CT molecular complexity index is 1280. The summed E-state index contributed by atoms with van der Waals surface area (Å²) in [6.45, 7) is 1.44. The third kappa shape index (κ3) is 3.37. The van der Waals surface area contributed by atoms with Gasteiger partial charge in [0.25, 0.3) is 0 Å². The van der Waals surface area contributed by atoms with Crippen molar-refractivity contribution in [2.75, 3.05) is 13.6 Å². The highest BCUT2D eigenvalue weighted by Gasteiger charge is 2.20. The average molecular weight is 399 g/mol. The van der Waals surface area contributed by atoms with Crippen LogP contribution in [-0.4, -0.2) is 28.7 Å². The Kier molecular flexibility index (Phi) is 4.60. The predicted octanol–water partition coefficient (Wildman–Crippen LogP) is 5.45. The maximum absolute atomic E-state index is 15.1. The van der Waals surface area contributed by atoms with Crippen LogP contribution in [0, 0.1) is 11.6 Å². The van der Waals surface area contributed by atoms with E-state index in [1.807, 2.05) is 31.3 Å². The molecule has 0 atom stereocenters. The van der Waals surface area contributed by atoms with Crippen LogP contribution < -0.4 is 0 Å². The second-order valence-corrected chi connectivity index (χ2v) is 7.62. The minimum absolute atomic E-state index is 0.255. The lowest BCUT2D eigenvalue weighted by atomic mass is 9.91. The van der Waals surface area contributed by atoms with Crippen molar-refractivity contribution >= 4 is 16.3 Å². The summed E-state index contributed by atoms with van der Waals surface area (Å²) in [6, 6.07) is 17.7. The maximum Gasteiger partial charge on any atom is 0.133 e. The second kappa shape index (κ2) is 7.43. The largest absolute Gasteiger partial charge is 0.298 e. The monoisotopic (exact) mass is 399 g/mol. The van der Waals surface area contributed by atoms with Crippen LogP contribution in [0.4, 0.5) is 8.78 Å². The van der Waals surface area contributed by atoms with E-state index in [-0.39, 0.29) is 11.6 Å². The summed E-state index contributed by atoms with van der Waals surface area (Å²) in [5.74, 6) is -0.581. The number of fused-ring (bicyclic) bond motifs is 2. The topological polar surface area (TPSA) is 29.0 Å². The van der Waals surface area contributed by atoms with Gasteiger partial charge in [0.15, 0.2) is 0 Å². The van der Waals surface area contributed by atoms with Gasteiger partial charge in [0.05, 0.1) is 5.69 Å². The van der Waals surface area contributed by atoms with E-state index in [1.165, 1.54) is 12.1 Å². The number of halogens is 2. The molecule has 5 heteroatoms. The third-order valence-electron chi connectivity index (χ3n) is 5.49. The van der Waals surface area contributed by atoms with E-state index in [1.54, 1.807) is 30.5 Å². The molecule has 1 aliphatic rings. The molecule has 0 saturated heterocycles. The fourth-order valence-corrected chi connectivity index (χ4v) is 4.01. The molecule has 5 rings (SSSR count). The zero-order valence-electron chi connectivity index (χ0n) is 16.4. The summed E-state index contributed by atoms with van der Waals surface area (Å²) >= 11 is 0. The van der Waals surface area contributed by atoms with Crippen LogP contribution in [-0.2, 0) is 6.54 Å². The van der Waals surface area contributed by atoms with Gasteiger partial charge in [0.1, 0.15) is 11.6 Å². The van der Waals surface area contributed by atoms with E-state index in [0.29, 0.717) is 17.8 Å². The molecule has 30 heavy (non-hydrogen) atoms. The molecule has 0 N–H and O–H groups in total. The van der Waals surface area contributed by atoms with Crippen LogP contribution in [0.3, 0.4) is 0 Å². The predicted molar refractivity (Wildman–Crippen MR) is 115 cm³/mol. The Balaban J connectivity index is 1.66. The fourth-order valence-electron chi connectivity index (χ4n) is 4.01. The van der Waals surface area contributed by atoms with Gasteiger partial charge in [-0.25, -0.2) is 8.78 Å². The maximum atomic E-state index is 15.1. The van der Waals surface area contributed by atoms with Gasteiger partial charge >= 0.3 is 0 Å². The molecule has 0 unspecified atom stereocenters. The van der Waals surface area contributed by atoms with Gasteiger partial charge in [-0.2, -0.15) is 10.2 Å². The van der Waals surface area contributed by atoms with Crippen LogP contribution in [0.2, 0.25) is 0 Å². The number of hydrogen-bond donors (Lipinski definition) is 0. The molecule has 148 valence electrons. The van der Waals surface area contributed by atoms with Gasteiger partial charge < -0.3 is 0 Å². The van der Waals surface area contributed by atoms with Crippen LogP contribution >= 0.6 is 0 Å². The second-order valence-electron chi connectivity index (χ2n) is 7.62. The van der Waals surface area contributed by atoms with Crippen molar-refractivity contribution in [1.29, 1.82) is 0 Å². The summed E-state index contributed by atoms with van der Waals surface area (Å²) < 4.78 is 28.7. The molecule has 0 bridgehead atoms. The van der Waals surface area contributed by atoms with Crippen molar-refractivity contribution in [2.45, 2.75) is 6.54 Å². The lowest BCUT2D eigenvalue weighted by Crippen LogP contribution is -2.16. The molecule has 1 aromatic heterocycles. The number of likely N-dealkylation sites (N-methyl/N-ethyl adjacent to an activating group) is 1. The summed E-state index contributed by atoms with van der Waals surface area (Å²) in [6.07, 6.45) is 3.70. The van der Waals surface area contributed by atoms with Gasteiger partial charge in [-0.3, -0.25) is 4.90 Å². The summed E-state index contributed by atoms with van der Waals surface area (Å²) in [7, 11) is 2.04. The smallest absolute Gasteiger partial charge is 0.133 e. The highest BCUT2D eigenvalue weighted by Crippen LogP contribution is 2.35. The van der Waals surface area contributed by atoms with E-state index in [0.717, 1.165) is 39.6 Å². The minimum Gasteiger partial charge on any atom is -0.298 e. The van der Waals surface area contributed by atoms with E-state index in [9.17, 15) is 4.39 Å². The molecule has 0 aliphatic carbocycles. The van der Waals surface area contributed by atoms with Gasteiger partial charge in [0.2, 0.25) is 0 Å². The first kappa shape index (κ1) is 18.6. The Morgan fingerprint density at radius 2 is 1.73 bits per heavy atom. The first-order chi connectivity index (χ1) is 14.6. The quantitative estimate of drug-likeness (QED) is 0.449. The highest BCUT2D eigenvalue weighted by atomic mass is 19.1. The zero-order chi connectivity index (χ0) is 20.7. The number of benzene rings is 3. The lowest BCUT2D eigenvalue weighted by molar-refractivity contribution is 0.365. The van der Waals surface area contributed by atoms with Crippen molar-refractivity contribution in [1.82, 2.24) is 15.1 Å².